The molecule has 1 rings (SSSR count). The molecule has 0 aromatic heterocycles. The summed E-state index contributed by atoms with van der Waals surface area (Å²) in [4.78, 5) is 84.6. The average molecular weight is 601 g/mol. The molecule has 1 fully saturated rings. The summed E-state index contributed by atoms with van der Waals surface area (Å²) in [6.07, 6.45) is -15.6. The Labute approximate surface area is 231 Å². The van der Waals surface area contributed by atoms with Crippen molar-refractivity contribution in [1.82, 2.24) is 5.32 Å². The van der Waals surface area contributed by atoms with Crippen molar-refractivity contribution in [3.05, 3.63) is 0 Å². The largest absolute Gasteiger partial charge is 0.464 e. The predicted molar refractivity (Wildman–Crippen MR) is 122 cm³/mol. The van der Waals surface area contributed by atoms with Gasteiger partial charge < -0.3 is 38.5 Å². The lowest BCUT2D eigenvalue weighted by atomic mass is 9.87. The Morgan fingerprint density at radius 3 is 1.93 bits per heavy atom. The molecule has 18 heteroatoms. The summed E-state index contributed by atoms with van der Waals surface area (Å²) in [7, 11) is 0.857. The second-order valence-corrected chi connectivity index (χ2v) is 8.68. The van der Waals surface area contributed by atoms with Gasteiger partial charge in [-0.1, -0.05) is 0 Å². The molecule has 0 spiro atoms. The molecule has 1 amide bonds. The second-order valence-electron chi connectivity index (χ2n) is 8.68. The van der Waals surface area contributed by atoms with E-state index < -0.39 is 104 Å². The lowest BCUT2D eigenvalue weighted by molar-refractivity contribution is -0.304. The van der Waals surface area contributed by atoms with E-state index in [0.29, 0.717) is 0 Å². The Kier molecular flexibility index (Phi) is 12.5. The van der Waals surface area contributed by atoms with Crippen LogP contribution in [0, 0.1) is 0 Å². The molecule has 1 aliphatic heterocycles. The van der Waals surface area contributed by atoms with Gasteiger partial charge >= 0.3 is 47.8 Å². The molecule has 6 atom stereocenters. The third-order valence-corrected chi connectivity index (χ3v) is 5.12. The van der Waals surface area contributed by atoms with Gasteiger partial charge in [-0.05, 0) is 0 Å². The summed E-state index contributed by atoms with van der Waals surface area (Å²) in [6, 6.07) is -1.87. The maximum atomic E-state index is 13.0. The van der Waals surface area contributed by atoms with Gasteiger partial charge in [-0.2, -0.15) is 13.2 Å². The normalized spacial score (nSPS) is 23.6. The van der Waals surface area contributed by atoms with Gasteiger partial charge in [0.15, 0.2) is 12.2 Å². The van der Waals surface area contributed by atoms with Crippen molar-refractivity contribution in [2.75, 3.05) is 13.7 Å². The lowest BCUT2D eigenvalue weighted by Gasteiger charge is -2.48. The summed E-state index contributed by atoms with van der Waals surface area (Å²) in [5, 5.41) is 1.96. The van der Waals surface area contributed by atoms with Crippen LogP contribution in [0.3, 0.4) is 0 Å². The molecule has 0 bridgehead atoms. The first-order chi connectivity index (χ1) is 18.8. The Bertz CT molecular complexity index is 1030. The van der Waals surface area contributed by atoms with Crippen molar-refractivity contribution in [2.24, 2.45) is 0 Å². The van der Waals surface area contributed by atoms with Crippen LogP contribution in [0.15, 0.2) is 0 Å². The highest BCUT2D eigenvalue weighted by molar-refractivity contribution is 5.82. The lowest BCUT2D eigenvalue weighted by Crippen LogP contribution is -2.69. The van der Waals surface area contributed by atoms with Crippen molar-refractivity contribution >= 4 is 41.7 Å². The monoisotopic (exact) mass is 601 g/mol. The van der Waals surface area contributed by atoms with E-state index in [1.165, 1.54) is 0 Å². The SMILES string of the molecule is COC(=O)[C@@]1(OC(C)=O)C[C@H](OC(C)=O)[C@@H](NC(=O)CC(F)(F)F)[C@H]([C@@H](OC(C)=O)[C@@H](COC(C)=O)OC(C)=O)O1. The first-order valence-electron chi connectivity index (χ1n) is 11.8. The smallest absolute Gasteiger partial charge is 0.397 e. The summed E-state index contributed by atoms with van der Waals surface area (Å²) in [5.74, 6) is -11.1. The highest BCUT2D eigenvalue weighted by Crippen LogP contribution is 2.37. The number of halogens is 3. The Balaban J connectivity index is 3.91. The van der Waals surface area contributed by atoms with E-state index in [2.05, 4.69) is 4.74 Å². The molecule has 0 aromatic carbocycles. The summed E-state index contributed by atoms with van der Waals surface area (Å²) in [5.41, 5.74) is 0. The first kappa shape index (κ1) is 35.1. The summed E-state index contributed by atoms with van der Waals surface area (Å²) < 4.78 is 74.8. The predicted octanol–water partition coefficient (Wildman–Crippen LogP) is 0.00310. The highest BCUT2D eigenvalue weighted by atomic mass is 19.4. The zero-order valence-electron chi connectivity index (χ0n) is 22.9. The minimum Gasteiger partial charge on any atom is -0.464 e. The maximum absolute atomic E-state index is 13.0. The number of nitrogens with one attached hydrogen (secondary N) is 1. The highest BCUT2D eigenvalue weighted by Gasteiger charge is 2.60. The molecule has 0 saturated carbocycles. The number of hydrogen-bond donors (Lipinski definition) is 1. The molecule has 0 aliphatic carbocycles. The first-order valence-corrected chi connectivity index (χ1v) is 11.8. The van der Waals surface area contributed by atoms with E-state index in [4.69, 9.17) is 28.4 Å². The topological polar surface area (TPSA) is 196 Å². The number of alkyl halides is 3. The maximum Gasteiger partial charge on any atom is 0.397 e. The fraction of sp³-hybridized carbons (Fsp3) is 0.696. The molecule has 0 radical (unpaired) electrons. The molecule has 1 N–H and O–H groups in total. The molecular weight excluding hydrogens is 571 g/mol. The minimum absolute atomic E-state index is 0.826. The van der Waals surface area contributed by atoms with Crippen molar-refractivity contribution in [3.8, 4) is 0 Å². The molecule has 1 heterocycles. The van der Waals surface area contributed by atoms with Crippen LogP contribution in [0.5, 0.6) is 0 Å². The Morgan fingerprint density at radius 2 is 1.49 bits per heavy atom. The van der Waals surface area contributed by atoms with Crippen LogP contribution >= 0.6 is 0 Å². The summed E-state index contributed by atoms with van der Waals surface area (Å²) >= 11 is 0. The third-order valence-electron chi connectivity index (χ3n) is 5.12. The van der Waals surface area contributed by atoms with Crippen LogP contribution in [0.4, 0.5) is 13.2 Å². The fourth-order valence-electron chi connectivity index (χ4n) is 3.92. The number of hydrogen-bond acceptors (Lipinski definition) is 14. The summed E-state index contributed by atoms with van der Waals surface area (Å²) in [6.45, 7) is 3.67. The molecule has 1 saturated heterocycles. The van der Waals surface area contributed by atoms with Crippen LogP contribution in [0.25, 0.3) is 0 Å². The van der Waals surface area contributed by atoms with Crippen molar-refractivity contribution in [2.45, 2.75) is 89.9 Å². The van der Waals surface area contributed by atoms with E-state index in [9.17, 15) is 46.7 Å². The fourth-order valence-corrected chi connectivity index (χ4v) is 3.92. The standard InChI is InChI=1S/C23H30F3NO14/c1-10(28)36-9-16(38-12(3)30)19(39-13(4)31)20-18(27-17(33)8-23(24,25)26)15(37-11(2)29)7-22(41-20,21(34)35-6)40-14(5)32/h15-16,18-20H,7-9H2,1-6H3,(H,27,33)/t15-,16+,18+,19-,20+,22+/m0/s1. The van der Waals surface area contributed by atoms with E-state index in [1.807, 2.05) is 5.32 Å². The number of amides is 1. The molecular formula is C23H30F3NO14. The quantitative estimate of drug-likeness (QED) is 0.245. The number of methoxy groups -OCH3 is 1. The van der Waals surface area contributed by atoms with E-state index in [0.717, 1.165) is 41.7 Å². The second kappa shape index (κ2) is 14.6. The van der Waals surface area contributed by atoms with Gasteiger partial charge in [-0.25, -0.2) is 4.79 Å². The molecule has 0 aromatic rings. The Hall–Kier alpha value is -3.96. The number of rotatable bonds is 11. The average Bonchev–Trinajstić information content (AvgIpc) is 2.78. The van der Waals surface area contributed by atoms with Crippen molar-refractivity contribution in [3.63, 3.8) is 0 Å². The van der Waals surface area contributed by atoms with Gasteiger partial charge in [-0.15, -0.1) is 0 Å². The van der Waals surface area contributed by atoms with Crippen LogP contribution in [-0.2, 0) is 66.7 Å². The minimum atomic E-state index is -5.00. The van der Waals surface area contributed by atoms with E-state index in [-0.39, 0.29) is 0 Å². The van der Waals surface area contributed by atoms with Gasteiger partial charge in [0.2, 0.25) is 5.91 Å². The Morgan fingerprint density at radius 1 is 0.902 bits per heavy atom. The third kappa shape index (κ3) is 11.2. The number of ether oxygens (including phenoxy) is 7. The molecule has 1 aliphatic rings. The van der Waals surface area contributed by atoms with Gasteiger partial charge in [0, 0.05) is 34.6 Å². The van der Waals surface area contributed by atoms with Gasteiger partial charge in [0.1, 0.15) is 25.2 Å². The zero-order valence-corrected chi connectivity index (χ0v) is 22.9. The van der Waals surface area contributed by atoms with Crippen LogP contribution in [-0.4, -0.2) is 97.9 Å². The van der Waals surface area contributed by atoms with Crippen LogP contribution < -0.4 is 5.32 Å². The molecule has 0 unspecified atom stereocenters. The van der Waals surface area contributed by atoms with Crippen LogP contribution in [0.1, 0.15) is 47.5 Å². The molecule has 15 nitrogen and oxygen atoms in total. The van der Waals surface area contributed by atoms with Gasteiger partial charge in [0.05, 0.1) is 19.6 Å². The number of carbonyl (C=O) groups is 7. The van der Waals surface area contributed by atoms with E-state index >= 15 is 0 Å². The zero-order chi connectivity index (χ0) is 31.7. The molecule has 41 heavy (non-hydrogen) atoms. The van der Waals surface area contributed by atoms with Gasteiger partial charge in [0.25, 0.3) is 0 Å². The number of carbonyl (C=O) groups excluding carboxylic acids is 7. The number of esters is 6. The van der Waals surface area contributed by atoms with Crippen molar-refractivity contribution in [1.29, 1.82) is 0 Å². The van der Waals surface area contributed by atoms with Gasteiger partial charge in [-0.3, -0.25) is 28.8 Å². The van der Waals surface area contributed by atoms with E-state index in [1.54, 1.807) is 0 Å². The molecule has 232 valence electrons. The van der Waals surface area contributed by atoms with Crippen molar-refractivity contribution < 1.29 is 79.9 Å². The van der Waals surface area contributed by atoms with Crippen LogP contribution in [0.2, 0.25) is 0 Å².